The maximum Gasteiger partial charge on any atom is 0.337 e. The zero-order chi connectivity index (χ0) is 19.9. The van der Waals surface area contributed by atoms with Crippen LogP contribution in [0.15, 0.2) is 30.3 Å². The minimum atomic E-state index is -0.418. The number of aryl methyl sites for hydroxylation is 1. The van der Waals surface area contributed by atoms with Gasteiger partial charge in [0.2, 0.25) is 5.95 Å². The van der Waals surface area contributed by atoms with Crippen LogP contribution in [0.2, 0.25) is 0 Å². The molecule has 1 heterocycles. The molecule has 2 aromatic rings. The first-order valence-corrected chi connectivity index (χ1v) is 9.67. The number of hydrogen-bond acceptors (Lipinski definition) is 6. The Bertz CT molecular complexity index is 828. The second kappa shape index (κ2) is 9.30. The number of anilines is 2. The van der Waals surface area contributed by atoms with E-state index in [-0.39, 0.29) is 5.91 Å². The number of ether oxygens (including phenoxy) is 1. The van der Waals surface area contributed by atoms with Gasteiger partial charge in [-0.2, -0.15) is 0 Å². The molecule has 0 bridgehead atoms. The summed E-state index contributed by atoms with van der Waals surface area (Å²) >= 11 is 0. The molecule has 0 spiro atoms. The van der Waals surface area contributed by atoms with Gasteiger partial charge in [-0.1, -0.05) is 25.7 Å². The highest BCUT2D eigenvalue weighted by Crippen LogP contribution is 2.20. The fourth-order valence-electron chi connectivity index (χ4n) is 3.36. The molecule has 3 rings (SSSR count). The Labute approximate surface area is 164 Å². The van der Waals surface area contributed by atoms with Crippen molar-refractivity contribution in [1.82, 2.24) is 9.97 Å². The molecule has 7 heteroatoms. The molecule has 7 nitrogen and oxygen atoms in total. The van der Waals surface area contributed by atoms with Gasteiger partial charge in [0.1, 0.15) is 5.69 Å². The van der Waals surface area contributed by atoms with Crippen LogP contribution in [0.1, 0.15) is 65.1 Å². The van der Waals surface area contributed by atoms with Crippen molar-refractivity contribution in [2.45, 2.75) is 51.5 Å². The van der Waals surface area contributed by atoms with Crippen LogP contribution in [0.5, 0.6) is 0 Å². The second-order valence-electron chi connectivity index (χ2n) is 7.07. The van der Waals surface area contributed by atoms with Gasteiger partial charge in [0, 0.05) is 17.4 Å². The smallest absolute Gasteiger partial charge is 0.337 e. The third-order valence-electron chi connectivity index (χ3n) is 4.84. The number of methoxy groups -OCH3 is 1. The van der Waals surface area contributed by atoms with Gasteiger partial charge in [-0.05, 0) is 50.1 Å². The number of nitrogens with one attached hydrogen (secondary N) is 2. The van der Waals surface area contributed by atoms with Crippen molar-refractivity contribution >= 4 is 23.5 Å². The molecule has 0 aliphatic heterocycles. The summed E-state index contributed by atoms with van der Waals surface area (Å²) in [4.78, 5) is 33.0. The Morgan fingerprint density at radius 3 is 2.36 bits per heavy atom. The lowest BCUT2D eigenvalue weighted by molar-refractivity contribution is 0.0600. The predicted octanol–water partition coefficient (Wildman–Crippen LogP) is 3.96. The first kappa shape index (κ1) is 19.8. The number of amides is 1. The Morgan fingerprint density at radius 2 is 1.71 bits per heavy atom. The van der Waals surface area contributed by atoms with Crippen molar-refractivity contribution in [3.05, 3.63) is 47.3 Å². The topological polar surface area (TPSA) is 93.2 Å². The molecule has 0 saturated heterocycles. The van der Waals surface area contributed by atoms with Crippen molar-refractivity contribution < 1.29 is 14.3 Å². The fraction of sp³-hybridized carbons (Fsp3) is 0.429. The normalized spacial score (nSPS) is 14.8. The first-order valence-electron chi connectivity index (χ1n) is 9.67. The molecule has 28 heavy (non-hydrogen) atoms. The fourth-order valence-corrected chi connectivity index (χ4v) is 3.36. The van der Waals surface area contributed by atoms with E-state index in [1.807, 2.05) is 6.92 Å². The van der Waals surface area contributed by atoms with Crippen molar-refractivity contribution in [2.24, 2.45) is 0 Å². The maximum absolute atomic E-state index is 12.6. The van der Waals surface area contributed by atoms with Crippen LogP contribution in [0.3, 0.4) is 0 Å². The molecule has 1 aromatic carbocycles. The van der Waals surface area contributed by atoms with E-state index in [0.717, 1.165) is 18.5 Å². The standard InChI is InChI=1S/C21H26N4O3/c1-14-13-18(25-21(22-14)24-16-7-5-3-4-6-8-16)19(26)23-17-11-9-15(10-12-17)20(27)28-2/h9-13,16H,3-8H2,1-2H3,(H,23,26)(H,22,24,25). The largest absolute Gasteiger partial charge is 0.465 e. The van der Waals surface area contributed by atoms with Gasteiger partial charge in [0.15, 0.2) is 0 Å². The van der Waals surface area contributed by atoms with E-state index in [0.29, 0.717) is 28.9 Å². The summed E-state index contributed by atoms with van der Waals surface area (Å²) in [5, 5.41) is 6.19. The summed E-state index contributed by atoms with van der Waals surface area (Å²) in [6.45, 7) is 1.85. The highest BCUT2D eigenvalue weighted by molar-refractivity contribution is 6.03. The molecule has 1 aliphatic rings. The average Bonchev–Trinajstić information content (AvgIpc) is 2.96. The SMILES string of the molecule is COC(=O)c1ccc(NC(=O)c2cc(C)nc(NC3CCCCCC3)n2)cc1. The molecule has 1 aromatic heterocycles. The summed E-state index contributed by atoms with van der Waals surface area (Å²) in [6, 6.07) is 8.53. The molecule has 0 radical (unpaired) electrons. The summed E-state index contributed by atoms with van der Waals surface area (Å²) < 4.78 is 4.67. The van der Waals surface area contributed by atoms with E-state index < -0.39 is 5.97 Å². The van der Waals surface area contributed by atoms with Gasteiger partial charge in [0.05, 0.1) is 12.7 Å². The molecule has 1 amide bonds. The first-order chi connectivity index (χ1) is 13.5. The average molecular weight is 382 g/mol. The number of benzene rings is 1. The molecule has 148 valence electrons. The van der Waals surface area contributed by atoms with Gasteiger partial charge < -0.3 is 15.4 Å². The van der Waals surface area contributed by atoms with Crippen LogP contribution in [-0.2, 0) is 4.74 Å². The minimum Gasteiger partial charge on any atom is -0.465 e. The van der Waals surface area contributed by atoms with Crippen molar-refractivity contribution in [2.75, 3.05) is 17.7 Å². The highest BCUT2D eigenvalue weighted by Gasteiger charge is 2.16. The van der Waals surface area contributed by atoms with Crippen molar-refractivity contribution in [3.63, 3.8) is 0 Å². The molecule has 1 aliphatic carbocycles. The summed E-state index contributed by atoms with van der Waals surface area (Å²) in [5.41, 5.74) is 2.04. The molecule has 0 unspecified atom stereocenters. The van der Waals surface area contributed by atoms with Gasteiger partial charge in [-0.3, -0.25) is 4.79 Å². The Hall–Kier alpha value is -2.96. The summed E-state index contributed by atoms with van der Waals surface area (Å²) in [6.07, 6.45) is 7.16. The van der Waals surface area contributed by atoms with E-state index in [1.54, 1.807) is 30.3 Å². The number of hydrogen-bond donors (Lipinski definition) is 2. The summed E-state index contributed by atoms with van der Waals surface area (Å²) in [7, 11) is 1.33. The van der Waals surface area contributed by atoms with Gasteiger partial charge in [-0.15, -0.1) is 0 Å². The highest BCUT2D eigenvalue weighted by atomic mass is 16.5. The van der Waals surface area contributed by atoms with Crippen molar-refractivity contribution in [3.8, 4) is 0 Å². The molecular formula is C21H26N4O3. The number of nitrogens with zero attached hydrogens (tertiary/aromatic N) is 2. The molecule has 1 fully saturated rings. The van der Waals surface area contributed by atoms with Crippen molar-refractivity contribution in [1.29, 1.82) is 0 Å². The summed E-state index contributed by atoms with van der Waals surface area (Å²) in [5.74, 6) is -0.239. The van der Waals surface area contributed by atoms with Crippen LogP contribution >= 0.6 is 0 Å². The van der Waals surface area contributed by atoms with Crippen LogP contribution in [0.25, 0.3) is 0 Å². The number of aromatic nitrogens is 2. The quantitative estimate of drug-likeness (QED) is 0.601. The Kier molecular flexibility index (Phi) is 6.57. The maximum atomic E-state index is 12.6. The predicted molar refractivity (Wildman–Crippen MR) is 108 cm³/mol. The van der Waals surface area contributed by atoms with E-state index in [4.69, 9.17) is 0 Å². The zero-order valence-corrected chi connectivity index (χ0v) is 16.3. The lowest BCUT2D eigenvalue weighted by atomic mass is 10.1. The second-order valence-corrected chi connectivity index (χ2v) is 7.07. The number of carbonyl (C=O) groups excluding carboxylic acids is 2. The molecular weight excluding hydrogens is 356 g/mol. The third-order valence-corrected chi connectivity index (χ3v) is 4.84. The zero-order valence-electron chi connectivity index (χ0n) is 16.3. The van der Waals surface area contributed by atoms with E-state index in [9.17, 15) is 9.59 Å². The number of carbonyl (C=O) groups is 2. The minimum absolute atomic E-state index is 0.306. The number of rotatable bonds is 5. The van der Waals surface area contributed by atoms with Gasteiger partial charge >= 0.3 is 5.97 Å². The monoisotopic (exact) mass is 382 g/mol. The Morgan fingerprint density at radius 1 is 1.04 bits per heavy atom. The molecule has 1 saturated carbocycles. The van der Waals surface area contributed by atoms with Gasteiger partial charge in [0.25, 0.3) is 5.91 Å². The van der Waals surface area contributed by atoms with Crippen LogP contribution in [0.4, 0.5) is 11.6 Å². The number of esters is 1. The van der Waals surface area contributed by atoms with Gasteiger partial charge in [-0.25, -0.2) is 14.8 Å². The third kappa shape index (κ3) is 5.28. The Balaban J connectivity index is 1.69. The van der Waals surface area contributed by atoms with E-state index >= 15 is 0 Å². The van der Waals surface area contributed by atoms with E-state index in [2.05, 4.69) is 25.3 Å². The van der Waals surface area contributed by atoms with Crippen LogP contribution in [0, 0.1) is 6.92 Å². The van der Waals surface area contributed by atoms with E-state index in [1.165, 1.54) is 32.8 Å². The van der Waals surface area contributed by atoms with Crippen LogP contribution in [-0.4, -0.2) is 35.0 Å². The lowest BCUT2D eigenvalue weighted by Gasteiger charge is -2.17. The van der Waals surface area contributed by atoms with Crippen LogP contribution < -0.4 is 10.6 Å². The lowest BCUT2D eigenvalue weighted by Crippen LogP contribution is -2.22. The molecule has 0 atom stereocenters. The molecule has 2 N–H and O–H groups in total.